The quantitative estimate of drug-likeness (QED) is 0.196. The number of halogens is 3. The summed E-state index contributed by atoms with van der Waals surface area (Å²) in [6, 6.07) is 17.5. The zero-order valence-corrected chi connectivity index (χ0v) is 21.8. The monoisotopic (exact) mass is 546 g/mol. The fourth-order valence-corrected chi connectivity index (χ4v) is 3.54. The number of imidazole rings is 1. The van der Waals surface area contributed by atoms with Crippen molar-refractivity contribution in [2.24, 2.45) is 0 Å². The van der Waals surface area contributed by atoms with Crippen molar-refractivity contribution in [2.45, 2.75) is 13.8 Å². The van der Waals surface area contributed by atoms with E-state index in [4.69, 9.17) is 16.5 Å². The van der Waals surface area contributed by atoms with E-state index < -0.39 is 0 Å². The fraction of sp³-hybridized carbons (Fsp3) is 0.0870. The molecule has 0 bridgehead atoms. The lowest BCUT2D eigenvalue weighted by Crippen LogP contribution is -2.01. The average Bonchev–Trinajstić information content (AvgIpc) is 3.16. The van der Waals surface area contributed by atoms with Crippen LogP contribution in [-0.4, -0.2) is 29.9 Å². The van der Waals surface area contributed by atoms with Gasteiger partial charge in [0.2, 0.25) is 11.9 Å². The van der Waals surface area contributed by atoms with Crippen LogP contribution in [0.25, 0.3) is 22.4 Å². The third kappa shape index (κ3) is 6.42. The summed E-state index contributed by atoms with van der Waals surface area (Å²) >= 11 is 0. The van der Waals surface area contributed by atoms with Gasteiger partial charge in [-0.2, -0.15) is 9.97 Å². The van der Waals surface area contributed by atoms with Crippen molar-refractivity contribution in [1.82, 2.24) is 29.9 Å². The maximum atomic E-state index is 5.74. The van der Waals surface area contributed by atoms with Crippen LogP contribution in [0.4, 0.5) is 34.9 Å². The SMILES string of the molecule is Cc1cc(Nc2ccc(-c3nc4cc(Nc5cc(C)nc(N)n5)ccc4[nH]3)cc2)nc(N)n1.Cl.Cl.Cl. The Hall–Kier alpha value is -3.86. The Balaban J connectivity index is 0.00000152. The van der Waals surface area contributed by atoms with Gasteiger partial charge in [-0.15, -0.1) is 37.2 Å². The summed E-state index contributed by atoms with van der Waals surface area (Å²) in [5.41, 5.74) is 17.5. The molecule has 0 spiro atoms. The molecule has 2 aromatic carbocycles. The number of aromatic nitrogens is 6. The number of aryl methyl sites for hydroxylation is 2. The van der Waals surface area contributed by atoms with Gasteiger partial charge in [0, 0.05) is 40.5 Å². The summed E-state index contributed by atoms with van der Waals surface area (Å²) in [6.45, 7) is 3.75. The summed E-state index contributed by atoms with van der Waals surface area (Å²) in [6.07, 6.45) is 0. The summed E-state index contributed by atoms with van der Waals surface area (Å²) < 4.78 is 0. The smallest absolute Gasteiger partial charge is 0.222 e. The molecule has 3 heterocycles. The van der Waals surface area contributed by atoms with E-state index in [-0.39, 0.29) is 49.1 Å². The number of nitrogen functional groups attached to an aromatic ring is 2. The highest BCUT2D eigenvalue weighted by atomic mass is 35.5. The molecule has 5 aromatic rings. The second-order valence-corrected chi connectivity index (χ2v) is 7.65. The first-order valence-electron chi connectivity index (χ1n) is 10.3. The molecule has 5 rings (SSSR count). The van der Waals surface area contributed by atoms with Gasteiger partial charge in [-0.1, -0.05) is 0 Å². The lowest BCUT2D eigenvalue weighted by atomic mass is 10.2. The highest BCUT2D eigenvalue weighted by Crippen LogP contribution is 2.26. The van der Waals surface area contributed by atoms with Crippen LogP contribution in [0.1, 0.15) is 11.4 Å². The van der Waals surface area contributed by atoms with Crippen LogP contribution in [0.5, 0.6) is 0 Å². The largest absolute Gasteiger partial charge is 0.368 e. The first-order valence-corrected chi connectivity index (χ1v) is 10.3. The topological polar surface area (TPSA) is 156 Å². The number of hydrogen-bond donors (Lipinski definition) is 5. The van der Waals surface area contributed by atoms with Gasteiger partial charge in [-0.25, -0.2) is 15.0 Å². The van der Waals surface area contributed by atoms with Crippen LogP contribution < -0.4 is 22.1 Å². The van der Waals surface area contributed by atoms with E-state index in [0.717, 1.165) is 45.2 Å². The van der Waals surface area contributed by atoms with Crippen LogP contribution in [0.2, 0.25) is 0 Å². The maximum absolute atomic E-state index is 5.74. The number of anilines is 6. The molecule has 0 aliphatic rings. The Morgan fingerprint density at radius 1 is 0.639 bits per heavy atom. The Morgan fingerprint density at radius 3 is 1.72 bits per heavy atom. The highest BCUT2D eigenvalue weighted by Gasteiger charge is 2.08. The minimum Gasteiger partial charge on any atom is -0.368 e. The van der Waals surface area contributed by atoms with Gasteiger partial charge in [0.15, 0.2) is 0 Å². The number of nitrogens with one attached hydrogen (secondary N) is 3. The van der Waals surface area contributed by atoms with E-state index in [1.165, 1.54) is 0 Å². The number of H-pyrrole nitrogens is 1. The van der Waals surface area contributed by atoms with Gasteiger partial charge in [-0.05, 0) is 56.3 Å². The number of benzene rings is 2. The molecule has 0 saturated heterocycles. The lowest BCUT2D eigenvalue weighted by Gasteiger charge is -2.07. The van der Waals surface area contributed by atoms with Crippen molar-refractivity contribution in [1.29, 1.82) is 0 Å². The van der Waals surface area contributed by atoms with E-state index in [1.807, 2.05) is 68.4 Å². The summed E-state index contributed by atoms with van der Waals surface area (Å²) in [5.74, 6) is 2.54. The second-order valence-electron chi connectivity index (χ2n) is 7.65. The third-order valence-corrected chi connectivity index (χ3v) is 4.93. The number of nitrogens with zero attached hydrogens (tertiary/aromatic N) is 5. The molecule has 0 unspecified atom stereocenters. The van der Waals surface area contributed by atoms with Crippen molar-refractivity contribution >= 4 is 83.2 Å². The van der Waals surface area contributed by atoms with Gasteiger partial charge in [-0.3, -0.25) is 0 Å². The van der Waals surface area contributed by atoms with Crippen molar-refractivity contribution in [3.8, 4) is 11.4 Å². The molecule has 188 valence electrons. The first kappa shape index (κ1) is 28.4. The van der Waals surface area contributed by atoms with Crippen molar-refractivity contribution in [3.63, 3.8) is 0 Å². The molecular weight excluding hydrogens is 523 g/mol. The van der Waals surface area contributed by atoms with Gasteiger partial charge < -0.3 is 27.1 Å². The van der Waals surface area contributed by atoms with E-state index in [9.17, 15) is 0 Å². The summed E-state index contributed by atoms with van der Waals surface area (Å²) in [5, 5.41) is 6.49. The zero-order valence-electron chi connectivity index (χ0n) is 19.3. The number of rotatable bonds is 5. The molecule has 0 fully saturated rings. The van der Waals surface area contributed by atoms with Crippen molar-refractivity contribution in [3.05, 3.63) is 66.0 Å². The molecule has 7 N–H and O–H groups in total. The van der Waals surface area contributed by atoms with Crippen LogP contribution in [-0.2, 0) is 0 Å². The number of hydrogen-bond acceptors (Lipinski definition) is 9. The van der Waals surface area contributed by atoms with E-state index >= 15 is 0 Å². The Morgan fingerprint density at radius 2 is 1.17 bits per heavy atom. The molecule has 10 nitrogen and oxygen atoms in total. The average molecular weight is 548 g/mol. The number of nitrogens with two attached hydrogens (primary N) is 2. The molecule has 0 aliphatic carbocycles. The van der Waals surface area contributed by atoms with E-state index in [0.29, 0.717) is 11.6 Å². The zero-order chi connectivity index (χ0) is 22.9. The molecule has 0 aliphatic heterocycles. The van der Waals surface area contributed by atoms with Crippen LogP contribution >= 0.6 is 37.2 Å². The van der Waals surface area contributed by atoms with Gasteiger partial charge in [0.25, 0.3) is 0 Å². The maximum Gasteiger partial charge on any atom is 0.222 e. The number of aromatic amines is 1. The van der Waals surface area contributed by atoms with Gasteiger partial charge >= 0.3 is 0 Å². The summed E-state index contributed by atoms with van der Waals surface area (Å²) in [4.78, 5) is 24.7. The molecule has 0 amide bonds. The number of fused-ring (bicyclic) bond motifs is 1. The molecule has 0 radical (unpaired) electrons. The van der Waals surface area contributed by atoms with Crippen molar-refractivity contribution < 1.29 is 0 Å². The molecular formula is C23H25Cl3N10. The highest BCUT2D eigenvalue weighted by molar-refractivity contribution is 5.86. The van der Waals surface area contributed by atoms with Crippen molar-refractivity contribution in [2.75, 3.05) is 22.1 Å². The fourth-order valence-electron chi connectivity index (χ4n) is 3.54. The molecule has 13 heteroatoms. The second kappa shape index (κ2) is 11.7. The Bertz CT molecular complexity index is 1430. The minimum absolute atomic E-state index is 0. The lowest BCUT2D eigenvalue weighted by molar-refractivity contribution is 1.12. The van der Waals surface area contributed by atoms with Gasteiger partial charge in [0.05, 0.1) is 11.0 Å². The normalized spacial score (nSPS) is 10.1. The third-order valence-electron chi connectivity index (χ3n) is 4.93. The predicted molar refractivity (Wildman–Crippen MR) is 152 cm³/mol. The molecule has 36 heavy (non-hydrogen) atoms. The van der Waals surface area contributed by atoms with Crippen LogP contribution in [0.15, 0.2) is 54.6 Å². The Kier molecular flexibility index (Phi) is 9.23. The molecule has 0 saturated carbocycles. The summed E-state index contributed by atoms with van der Waals surface area (Å²) in [7, 11) is 0. The van der Waals surface area contributed by atoms with E-state index in [1.54, 1.807) is 0 Å². The minimum atomic E-state index is 0. The van der Waals surface area contributed by atoms with Gasteiger partial charge in [0.1, 0.15) is 17.5 Å². The Labute approximate surface area is 226 Å². The van der Waals surface area contributed by atoms with Crippen LogP contribution in [0, 0.1) is 13.8 Å². The first-order chi connectivity index (χ1) is 15.9. The molecule has 3 aromatic heterocycles. The standard InChI is InChI=1S/C23H22N10.3ClH/c1-12-9-19(32-22(24)26-12)28-15-5-3-14(4-6-15)21-30-17-8-7-16(11-18(17)31-21)29-20-10-13(2)27-23(25)33-20;;;/h3-11H,1-2H3,(H,30,31)(H3,24,26,28,32)(H3,25,27,29,33);3*1H. The van der Waals surface area contributed by atoms with Crippen LogP contribution in [0.3, 0.4) is 0 Å². The predicted octanol–water partition coefficient (Wildman–Crippen LogP) is 5.34. The van der Waals surface area contributed by atoms with E-state index in [2.05, 4.69) is 35.6 Å². The molecule has 0 atom stereocenters.